The summed E-state index contributed by atoms with van der Waals surface area (Å²) in [5.41, 5.74) is 0.368. The van der Waals surface area contributed by atoms with E-state index in [-0.39, 0.29) is 0 Å². The van der Waals surface area contributed by atoms with Crippen molar-refractivity contribution in [3.8, 4) is 0 Å². The van der Waals surface area contributed by atoms with E-state index in [1.165, 1.54) is 32.1 Å². The van der Waals surface area contributed by atoms with Crippen LogP contribution in [0.3, 0.4) is 0 Å². The van der Waals surface area contributed by atoms with E-state index in [2.05, 4.69) is 26.1 Å². The van der Waals surface area contributed by atoms with E-state index in [0.717, 1.165) is 44.7 Å². The zero-order valence-corrected chi connectivity index (χ0v) is 13.6. The van der Waals surface area contributed by atoms with Crippen molar-refractivity contribution in [1.82, 2.24) is 5.32 Å². The second-order valence-electron chi connectivity index (χ2n) is 7.07. The molecule has 2 aliphatic rings. The molecule has 2 rings (SSSR count). The molecule has 3 heteroatoms. The molecule has 1 saturated carbocycles. The monoisotopic (exact) mass is 283 g/mol. The first-order chi connectivity index (χ1) is 9.68. The number of ether oxygens (including phenoxy) is 2. The van der Waals surface area contributed by atoms with Crippen molar-refractivity contribution < 1.29 is 9.47 Å². The SMILES string of the molecule is CCOCCCC1(CNCC(C)C)CCOC1C1CC1. The molecule has 0 aromatic heterocycles. The first-order valence-corrected chi connectivity index (χ1v) is 8.58. The van der Waals surface area contributed by atoms with Crippen molar-refractivity contribution >= 4 is 0 Å². The molecule has 0 spiro atoms. The Kier molecular flexibility index (Phi) is 6.31. The van der Waals surface area contributed by atoms with E-state index < -0.39 is 0 Å². The third-order valence-electron chi connectivity index (χ3n) is 4.75. The summed E-state index contributed by atoms with van der Waals surface area (Å²) in [7, 11) is 0. The highest BCUT2D eigenvalue weighted by Crippen LogP contribution is 2.49. The summed E-state index contributed by atoms with van der Waals surface area (Å²) in [5.74, 6) is 1.56. The summed E-state index contributed by atoms with van der Waals surface area (Å²) in [5, 5.41) is 3.70. The van der Waals surface area contributed by atoms with Gasteiger partial charge in [-0.2, -0.15) is 0 Å². The van der Waals surface area contributed by atoms with Gasteiger partial charge >= 0.3 is 0 Å². The predicted octanol–water partition coefficient (Wildman–Crippen LogP) is 3.23. The summed E-state index contributed by atoms with van der Waals surface area (Å²) in [4.78, 5) is 0. The van der Waals surface area contributed by atoms with Gasteiger partial charge in [-0.15, -0.1) is 0 Å². The molecule has 1 aliphatic carbocycles. The van der Waals surface area contributed by atoms with E-state index in [9.17, 15) is 0 Å². The van der Waals surface area contributed by atoms with Crippen molar-refractivity contribution in [1.29, 1.82) is 0 Å². The van der Waals surface area contributed by atoms with Gasteiger partial charge in [-0.25, -0.2) is 0 Å². The minimum atomic E-state index is 0.368. The van der Waals surface area contributed by atoms with Gasteiger partial charge in [-0.3, -0.25) is 0 Å². The average molecular weight is 283 g/mol. The van der Waals surface area contributed by atoms with Crippen LogP contribution in [0.2, 0.25) is 0 Å². The molecule has 0 bridgehead atoms. The fourth-order valence-corrected chi connectivity index (χ4v) is 3.57. The van der Waals surface area contributed by atoms with Crippen LogP contribution in [-0.4, -0.2) is 39.0 Å². The summed E-state index contributed by atoms with van der Waals surface area (Å²) < 4.78 is 11.7. The van der Waals surface area contributed by atoms with Gasteiger partial charge in [0.15, 0.2) is 0 Å². The maximum atomic E-state index is 6.13. The van der Waals surface area contributed by atoms with Gasteiger partial charge < -0.3 is 14.8 Å². The smallest absolute Gasteiger partial charge is 0.0672 e. The fourth-order valence-electron chi connectivity index (χ4n) is 3.57. The van der Waals surface area contributed by atoms with Gasteiger partial charge in [-0.1, -0.05) is 13.8 Å². The molecular formula is C17H33NO2. The standard InChI is InChI=1S/C17H33NO2/c1-4-19-10-5-8-17(13-18-12-14(2)3)9-11-20-16(17)15-6-7-15/h14-16,18H,4-13H2,1-3H3. The van der Waals surface area contributed by atoms with Crippen LogP contribution < -0.4 is 5.32 Å². The Hall–Kier alpha value is -0.120. The first kappa shape index (κ1) is 16.3. The van der Waals surface area contributed by atoms with E-state index in [1.54, 1.807) is 0 Å². The lowest BCUT2D eigenvalue weighted by Crippen LogP contribution is -2.43. The van der Waals surface area contributed by atoms with Gasteiger partial charge in [0.1, 0.15) is 0 Å². The van der Waals surface area contributed by atoms with Crippen molar-refractivity contribution in [2.45, 2.75) is 59.0 Å². The van der Waals surface area contributed by atoms with Crippen molar-refractivity contribution in [3.63, 3.8) is 0 Å². The zero-order valence-electron chi connectivity index (χ0n) is 13.6. The van der Waals surface area contributed by atoms with Crippen LogP contribution in [-0.2, 0) is 9.47 Å². The molecule has 118 valence electrons. The van der Waals surface area contributed by atoms with Crippen LogP contribution in [0.5, 0.6) is 0 Å². The number of nitrogens with one attached hydrogen (secondary N) is 1. The molecule has 20 heavy (non-hydrogen) atoms. The average Bonchev–Trinajstić information content (AvgIpc) is 3.17. The second kappa shape index (κ2) is 7.77. The maximum absolute atomic E-state index is 6.13. The largest absolute Gasteiger partial charge is 0.382 e. The van der Waals surface area contributed by atoms with E-state index in [0.29, 0.717) is 11.5 Å². The lowest BCUT2D eigenvalue weighted by Gasteiger charge is -2.35. The van der Waals surface area contributed by atoms with E-state index in [1.807, 2.05) is 0 Å². The third-order valence-corrected chi connectivity index (χ3v) is 4.75. The molecule has 2 atom stereocenters. The molecule has 1 aliphatic heterocycles. The number of hydrogen-bond donors (Lipinski definition) is 1. The van der Waals surface area contributed by atoms with E-state index >= 15 is 0 Å². The molecule has 0 aromatic carbocycles. The summed E-state index contributed by atoms with van der Waals surface area (Å²) in [6.07, 6.45) is 6.90. The van der Waals surface area contributed by atoms with Gasteiger partial charge in [-0.05, 0) is 57.4 Å². The molecule has 3 nitrogen and oxygen atoms in total. The molecular weight excluding hydrogens is 250 g/mol. The Bertz CT molecular complexity index is 278. The van der Waals surface area contributed by atoms with Crippen LogP contribution in [0.1, 0.15) is 52.9 Å². The Morgan fingerprint density at radius 2 is 2.15 bits per heavy atom. The molecule has 2 fully saturated rings. The number of hydrogen-bond acceptors (Lipinski definition) is 3. The molecule has 2 unspecified atom stereocenters. The van der Waals surface area contributed by atoms with Crippen LogP contribution in [0.25, 0.3) is 0 Å². The highest BCUT2D eigenvalue weighted by atomic mass is 16.5. The van der Waals surface area contributed by atoms with Gasteiger partial charge in [0.25, 0.3) is 0 Å². The Labute approximate surface area is 124 Å². The number of rotatable bonds is 10. The van der Waals surface area contributed by atoms with Crippen LogP contribution in [0.15, 0.2) is 0 Å². The highest BCUT2D eigenvalue weighted by Gasteiger charge is 2.50. The van der Waals surface area contributed by atoms with Crippen molar-refractivity contribution in [2.75, 3.05) is 32.9 Å². The third kappa shape index (κ3) is 4.44. The minimum absolute atomic E-state index is 0.368. The lowest BCUT2D eigenvalue weighted by atomic mass is 9.75. The molecule has 1 saturated heterocycles. The minimum Gasteiger partial charge on any atom is -0.382 e. The fraction of sp³-hybridized carbons (Fsp3) is 1.00. The molecule has 0 aromatic rings. The quantitative estimate of drug-likeness (QED) is 0.624. The van der Waals surface area contributed by atoms with Crippen LogP contribution >= 0.6 is 0 Å². The summed E-state index contributed by atoms with van der Waals surface area (Å²) >= 11 is 0. The Morgan fingerprint density at radius 3 is 2.80 bits per heavy atom. The zero-order chi connectivity index (χ0) is 14.4. The predicted molar refractivity (Wildman–Crippen MR) is 82.9 cm³/mol. The second-order valence-corrected chi connectivity index (χ2v) is 7.07. The molecule has 1 heterocycles. The summed E-state index contributed by atoms with van der Waals surface area (Å²) in [6.45, 7) is 11.6. The topological polar surface area (TPSA) is 30.5 Å². The summed E-state index contributed by atoms with van der Waals surface area (Å²) in [6, 6.07) is 0. The van der Waals surface area contributed by atoms with E-state index in [4.69, 9.17) is 9.47 Å². The Balaban J connectivity index is 1.87. The van der Waals surface area contributed by atoms with Crippen LogP contribution in [0, 0.1) is 17.3 Å². The molecule has 0 radical (unpaired) electrons. The van der Waals surface area contributed by atoms with Crippen LogP contribution in [0.4, 0.5) is 0 Å². The van der Waals surface area contributed by atoms with Gasteiger partial charge in [0.2, 0.25) is 0 Å². The molecule has 0 amide bonds. The van der Waals surface area contributed by atoms with Crippen molar-refractivity contribution in [2.24, 2.45) is 17.3 Å². The maximum Gasteiger partial charge on any atom is 0.0672 e. The van der Waals surface area contributed by atoms with Gasteiger partial charge in [0.05, 0.1) is 6.10 Å². The highest BCUT2D eigenvalue weighted by molar-refractivity contribution is 5.00. The Morgan fingerprint density at radius 1 is 1.35 bits per heavy atom. The lowest BCUT2D eigenvalue weighted by molar-refractivity contribution is 0.0207. The first-order valence-electron chi connectivity index (χ1n) is 8.58. The van der Waals surface area contributed by atoms with Gasteiger partial charge in [0, 0.05) is 31.8 Å². The van der Waals surface area contributed by atoms with Crippen molar-refractivity contribution in [3.05, 3.63) is 0 Å². The molecule has 1 N–H and O–H groups in total. The normalized spacial score (nSPS) is 30.3.